The fraction of sp³-hybridized carbons (Fsp3) is 0.846. The maximum Gasteiger partial charge on any atom is 0.238 e. The lowest BCUT2D eigenvalue weighted by Crippen LogP contribution is -2.51. The first kappa shape index (κ1) is 37.4. The molecule has 228 valence electrons. The van der Waals surface area contributed by atoms with Gasteiger partial charge in [0, 0.05) is 57.5 Å². The lowest BCUT2D eigenvalue weighted by Gasteiger charge is -2.25. The molecule has 2 amide bonds. The Labute approximate surface area is 236 Å². The molecule has 0 aromatic heterocycles. The van der Waals surface area contributed by atoms with Crippen LogP contribution in [0.1, 0.15) is 59.3 Å². The fourth-order valence-electron chi connectivity index (χ4n) is 3.00. The molecule has 0 bridgehead atoms. The van der Waals surface area contributed by atoms with E-state index in [9.17, 15) is 24.3 Å². The van der Waals surface area contributed by atoms with Gasteiger partial charge in [-0.2, -0.15) is 11.8 Å². The summed E-state index contributed by atoms with van der Waals surface area (Å²) in [6, 6.07) is -1.72. The van der Waals surface area contributed by atoms with E-state index in [0.29, 0.717) is 32.0 Å². The highest BCUT2D eigenvalue weighted by Gasteiger charge is 2.25. The summed E-state index contributed by atoms with van der Waals surface area (Å²) in [6.07, 6.45) is 0.815. The zero-order chi connectivity index (χ0) is 29.7. The van der Waals surface area contributed by atoms with Gasteiger partial charge in [-0.25, -0.2) is 0 Å². The summed E-state index contributed by atoms with van der Waals surface area (Å²) in [5, 5.41) is 23.7. The minimum atomic E-state index is -0.865. The van der Waals surface area contributed by atoms with Crippen LogP contribution in [0.15, 0.2) is 0 Å². The van der Waals surface area contributed by atoms with E-state index in [2.05, 4.69) is 10.6 Å². The van der Waals surface area contributed by atoms with Crippen molar-refractivity contribution in [2.45, 2.75) is 83.1 Å². The number of nitrogens with one attached hydrogen (secondary N) is 2. The van der Waals surface area contributed by atoms with Gasteiger partial charge in [-0.3, -0.25) is 19.2 Å². The predicted molar refractivity (Wildman–Crippen MR) is 149 cm³/mol. The molecule has 13 heteroatoms. The molecule has 0 rings (SSSR count). The number of aliphatic hydroxyl groups is 2. The summed E-state index contributed by atoms with van der Waals surface area (Å²) in [7, 11) is 1.53. The molecule has 0 aliphatic heterocycles. The van der Waals surface area contributed by atoms with E-state index in [-0.39, 0.29) is 75.2 Å². The maximum absolute atomic E-state index is 12.8. The highest BCUT2D eigenvalue weighted by Crippen LogP contribution is 2.10. The molecule has 0 saturated heterocycles. The van der Waals surface area contributed by atoms with Crippen molar-refractivity contribution in [1.29, 1.82) is 0 Å². The number of rotatable bonds is 24. The van der Waals surface area contributed by atoms with Crippen LogP contribution >= 0.6 is 11.8 Å². The smallest absolute Gasteiger partial charge is 0.238 e. The second-order valence-corrected chi connectivity index (χ2v) is 11.1. The van der Waals surface area contributed by atoms with Gasteiger partial charge in [-0.05, 0) is 33.6 Å². The van der Waals surface area contributed by atoms with Crippen LogP contribution in [-0.4, -0.2) is 116 Å². The Balaban J connectivity index is 4.31. The summed E-state index contributed by atoms with van der Waals surface area (Å²) in [5.41, 5.74) is 5.47. The van der Waals surface area contributed by atoms with Crippen LogP contribution in [0.5, 0.6) is 0 Å². The number of carbonyl (C=O) groups is 4. The Morgan fingerprint density at radius 2 is 1.62 bits per heavy atom. The number of ketones is 2. The monoisotopic (exact) mass is 579 g/mol. The van der Waals surface area contributed by atoms with Crippen LogP contribution in [0.3, 0.4) is 0 Å². The summed E-state index contributed by atoms with van der Waals surface area (Å²) >= 11 is 1.30. The van der Waals surface area contributed by atoms with Crippen molar-refractivity contribution >= 4 is 35.1 Å². The number of amides is 2. The molecular weight excluding hydrogens is 530 g/mol. The number of thioether (sulfide) groups is 1. The normalized spacial score (nSPS) is 13.9. The molecule has 12 nitrogen and oxygen atoms in total. The van der Waals surface area contributed by atoms with Crippen LogP contribution < -0.4 is 16.4 Å². The van der Waals surface area contributed by atoms with Crippen molar-refractivity contribution in [3.8, 4) is 0 Å². The van der Waals surface area contributed by atoms with Crippen LogP contribution in [0.4, 0.5) is 0 Å². The van der Waals surface area contributed by atoms with E-state index < -0.39 is 29.7 Å². The van der Waals surface area contributed by atoms with Gasteiger partial charge < -0.3 is 40.8 Å². The van der Waals surface area contributed by atoms with Crippen LogP contribution in [0.25, 0.3) is 0 Å². The van der Waals surface area contributed by atoms with E-state index in [1.165, 1.54) is 18.8 Å². The van der Waals surface area contributed by atoms with Crippen molar-refractivity contribution < 1.29 is 43.6 Å². The third-order valence-electron chi connectivity index (χ3n) is 5.31. The molecule has 0 unspecified atom stereocenters. The molecule has 0 heterocycles. The van der Waals surface area contributed by atoms with Crippen molar-refractivity contribution in [1.82, 2.24) is 10.6 Å². The summed E-state index contributed by atoms with van der Waals surface area (Å²) in [4.78, 5) is 48.2. The third-order valence-corrected chi connectivity index (χ3v) is 6.53. The third kappa shape index (κ3) is 21.8. The van der Waals surface area contributed by atoms with Crippen molar-refractivity contribution in [3.63, 3.8) is 0 Å². The summed E-state index contributed by atoms with van der Waals surface area (Å²) in [6.45, 7) is 6.66. The number of aliphatic hydroxyl groups excluding tert-OH is 2. The van der Waals surface area contributed by atoms with Gasteiger partial charge in [0.25, 0.3) is 0 Å². The van der Waals surface area contributed by atoms with Gasteiger partial charge in [0.1, 0.15) is 11.8 Å². The van der Waals surface area contributed by atoms with Gasteiger partial charge in [-0.1, -0.05) is 0 Å². The number of hydrogen-bond acceptors (Lipinski definition) is 11. The van der Waals surface area contributed by atoms with Crippen LogP contribution in [-0.2, 0) is 33.4 Å². The van der Waals surface area contributed by atoms with Crippen molar-refractivity contribution in [3.05, 3.63) is 0 Å². The van der Waals surface area contributed by atoms with Crippen molar-refractivity contribution in [2.24, 2.45) is 5.73 Å². The molecule has 0 aliphatic rings. The van der Waals surface area contributed by atoms with Crippen LogP contribution in [0.2, 0.25) is 0 Å². The van der Waals surface area contributed by atoms with Gasteiger partial charge in [0.15, 0.2) is 5.78 Å². The second kappa shape index (κ2) is 22.1. The van der Waals surface area contributed by atoms with E-state index in [1.807, 2.05) is 20.8 Å². The number of carbonyl (C=O) groups excluding carboxylic acids is 4. The molecular formula is C26H49N3O9S. The number of hydrogen-bond donors (Lipinski definition) is 5. The Morgan fingerprint density at radius 3 is 2.23 bits per heavy atom. The van der Waals surface area contributed by atoms with Crippen molar-refractivity contribution in [2.75, 3.05) is 58.2 Å². The first-order valence-corrected chi connectivity index (χ1v) is 14.5. The second-order valence-electron chi connectivity index (χ2n) is 10.1. The number of ether oxygens (including phenoxy) is 3. The Kier molecular flexibility index (Phi) is 21.2. The first-order chi connectivity index (χ1) is 18.4. The highest BCUT2D eigenvalue weighted by molar-refractivity contribution is 7.99. The Morgan fingerprint density at radius 1 is 0.949 bits per heavy atom. The van der Waals surface area contributed by atoms with Gasteiger partial charge in [0.2, 0.25) is 11.8 Å². The standard InChI is InChI=1S/C26H49N3O9S/c1-26(2,3)38-16-22(29-25(35)21(27)18-39-17-20(32)9-11-30)23(33)6-5-12-36-14-15-37-13-10-19(31)7-8-24(34)28-4/h20-22,30,32H,5-18,27H2,1-4H3,(H,28,34)(H,29,35)/t20-,21+,22+/m1/s1. The van der Waals surface area contributed by atoms with Crippen LogP contribution in [0, 0.1) is 0 Å². The minimum absolute atomic E-state index is 0.0136. The Hall–Kier alpha value is -1.61. The van der Waals surface area contributed by atoms with Gasteiger partial charge in [0.05, 0.1) is 44.2 Å². The lowest BCUT2D eigenvalue weighted by molar-refractivity contribution is -0.131. The molecule has 0 radical (unpaired) electrons. The highest BCUT2D eigenvalue weighted by atomic mass is 32.2. The van der Waals surface area contributed by atoms with E-state index >= 15 is 0 Å². The fourth-order valence-corrected chi connectivity index (χ4v) is 3.98. The Bertz CT molecular complexity index is 719. The quantitative estimate of drug-likeness (QED) is 0.0966. The average molecular weight is 580 g/mol. The lowest BCUT2D eigenvalue weighted by atomic mass is 10.1. The molecule has 0 fully saturated rings. The molecule has 6 N–H and O–H groups in total. The molecule has 3 atom stereocenters. The topological polar surface area (TPSA) is 187 Å². The zero-order valence-corrected chi connectivity index (χ0v) is 24.7. The molecule has 0 aromatic rings. The largest absolute Gasteiger partial charge is 0.396 e. The SMILES string of the molecule is CNC(=O)CCC(=O)CCOCCOCCCC(=O)[C@H](COC(C)(C)C)NC(=O)[C@@H](N)CSC[C@H](O)CCO. The molecule has 0 aliphatic carbocycles. The number of Topliss-reactive ketones (excluding diaryl/α,β-unsaturated/α-hetero) is 2. The minimum Gasteiger partial charge on any atom is -0.396 e. The first-order valence-electron chi connectivity index (χ1n) is 13.4. The van der Waals surface area contributed by atoms with E-state index in [0.717, 1.165) is 0 Å². The van der Waals surface area contributed by atoms with Gasteiger partial charge in [-0.15, -0.1) is 0 Å². The molecule has 0 aromatic carbocycles. The van der Waals surface area contributed by atoms with E-state index in [1.54, 1.807) is 0 Å². The van der Waals surface area contributed by atoms with Gasteiger partial charge >= 0.3 is 0 Å². The summed E-state index contributed by atoms with van der Waals surface area (Å²) < 4.78 is 16.6. The van der Waals surface area contributed by atoms with E-state index in [4.69, 9.17) is 25.1 Å². The summed E-state index contributed by atoms with van der Waals surface area (Å²) in [5.74, 6) is -0.269. The number of nitrogens with two attached hydrogens (primary N) is 1. The maximum atomic E-state index is 12.8. The molecule has 0 spiro atoms. The average Bonchev–Trinajstić information content (AvgIpc) is 2.87. The predicted octanol–water partition coefficient (Wildman–Crippen LogP) is -0.0420. The molecule has 39 heavy (non-hydrogen) atoms. The zero-order valence-electron chi connectivity index (χ0n) is 23.9. The molecule has 0 saturated carbocycles.